The van der Waals surface area contributed by atoms with Gasteiger partial charge in [-0.1, -0.05) is 12.1 Å². The first-order valence-electron chi connectivity index (χ1n) is 10.3. The Labute approximate surface area is 188 Å². The number of hydrogen-bond donors (Lipinski definition) is 0. The van der Waals surface area contributed by atoms with E-state index in [4.69, 9.17) is 9.47 Å². The highest BCUT2D eigenvalue weighted by atomic mass is 32.1. The van der Waals surface area contributed by atoms with Gasteiger partial charge in [0, 0.05) is 23.2 Å². The molecule has 0 radical (unpaired) electrons. The molecule has 1 saturated heterocycles. The van der Waals surface area contributed by atoms with Crippen molar-refractivity contribution in [3.8, 4) is 11.5 Å². The van der Waals surface area contributed by atoms with E-state index in [2.05, 4.69) is 0 Å². The number of hydrogen-bond acceptors (Lipinski definition) is 6. The van der Waals surface area contributed by atoms with Crippen LogP contribution in [0.4, 0.5) is 5.69 Å². The van der Waals surface area contributed by atoms with Crippen molar-refractivity contribution in [1.82, 2.24) is 4.90 Å². The summed E-state index contributed by atoms with van der Waals surface area (Å²) < 4.78 is 11.4. The van der Waals surface area contributed by atoms with Crippen molar-refractivity contribution in [3.63, 3.8) is 0 Å². The molecule has 6 nitrogen and oxygen atoms in total. The van der Waals surface area contributed by atoms with E-state index in [1.807, 2.05) is 53.2 Å². The van der Waals surface area contributed by atoms with Crippen LogP contribution in [0.3, 0.4) is 0 Å². The van der Waals surface area contributed by atoms with Crippen molar-refractivity contribution in [1.29, 1.82) is 0 Å². The van der Waals surface area contributed by atoms with Crippen molar-refractivity contribution in [2.45, 2.75) is 25.4 Å². The largest absolute Gasteiger partial charge is 0.486 e. The van der Waals surface area contributed by atoms with Gasteiger partial charge in [-0.15, -0.1) is 22.7 Å². The number of thiophene rings is 2. The Morgan fingerprint density at radius 1 is 1.03 bits per heavy atom. The predicted octanol–water partition coefficient (Wildman–Crippen LogP) is 4.42. The molecule has 2 aliphatic rings. The smallest absolute Gasteiger partial charge is 0.264 e. The third-order valence-corrected chi connectivity index (χ3v) is 7.25. The van der Waals surface area contributed by atoms with Gasteiger partial charge in [0.15, 0.2) is 11.5 Å². The zero-order chi connectivity index (χ0) is 21.2. The molecule has 31 heavy (non-hydrogen) atoms. The molecule has 5 rings (SSSR count). The second-order valence-corrected chi connectivity index (χ2v) is 9.45. The number of benzene rings is 1. The number of fused-ring (bicyclic) bond motifs is 1. The summed E-state index contributed by atoms with van der Waals surface area (Å²) in [5, 5.41) is 3.89. The average molecular weight is 455 g/mol. The summed E-state index contributed by atoms with van der Waals surface area (Å²) in [6.45, 7) is 2.06. The third-order valence-electron chi connectivity index (χ3n) is 5.53. The van der Waals surface area contributed by atoms with Gasteiger partial charge in [0.05, 0.1) is 11.4 Å². The van der Waals surface area contributed by atoms with Gasteiger partial charge in [0.2, 0.25) is 5.91 Å². The Kier molecular flexibility index (Phi) is 5.65. The maximum atomic E-state index is 13.8. The van der Waals surface area contributed by atoms with Gasteiger partial charge in [-0.05, 0) is 47.9 Å². The van der Waals surface area contributed by atoms with Crippen LogP contribution < -0.4 is 14.4 Å². The number of carbonyl (C=O) groups excluding carboxylic acids is 2. The van der Waals surface area contributed by atoms with E-state index in [0.717, 1.165) is 17.0 Å². The summed E-state index contributed by atoms with van der Waals surface area (Å²) in [4.78, 5) is 32.1. The molecule has 1 unspecified atom stereocenters. The van der Waals surface area contributed by atoms with E-state index >= 15 is 0 Å². The van der Waals surface area contributed by atoms with E-state index in [1.165, 1.54) is 11.3 Å². The Hall–Kier alpha value is -2.84. The summed E-state index contributed by atoms with van der Waals surface area (Å²) in [7, 11) is 0. The highest BCUT2D eigenvalue weighted by Gasteiger charge is 2.38. The molecule has 0 saturated carbocycles. The van der Waals surface area contributed by atoms with Crippen LogP contribution in [-0.2, 0) is 11.3 Å². The molecule has 0 spiro atoms. The SMILES string of the molecule is O=C(C1CCCN1C(=O)c1cccs1)N(Cc1cccs1)c1ccc2c(c1)OCCO2. The topological polar surface area (TPSA) is 59.1 Å². The Morgan fingerprint density at radius 2 is 1.84 bits per heavy atom. The van der Waals surface area contributed by atoms with E-state index in [0.29, 0.717) is 49.1 Å². The first-order valence-corrected chi connectivity index (χ1v) is 12.0. The van der Waals surface area contributed by atoms with Crippen LogP contribution in [0.25, 0.3) is 0 Å². The minimum absolute atomic E-state index is 0.0625. The molecule has 8 heteroatoms. The van der Waals surface area contributed by atoms with Crippen molar-refractivity contribution < 1.29 is 19.1 Å². The van der Waals surface area contributed by atoms with Crippen molar-refractivity contribution in [2.75, 3.05) is 24.7 Å². The first kappa shape index (κ1) is 20.1. The lowest BCUT2D eigenvalue weighted by Gasteiger charge is -2.31. The molecule has 3 aromatic rings. The van der Waals surface area contributed by atoms with E-state index in [-0.39, 0.29) is 11.8 Å². The van der Waals surface area contributed by atoms with Gasteiger partial charge >= 0.3 is 0 Å². The van der Waals surface area contributed by atoms with E-state index in [9.17, 15) is 9.59 Å². The van der Waals surface area contributed by atoms with Crippen molar-refractivity contribution in [2.24, 2.45) is 0 Å². The van der Waals surface area contributed by atoms with Crippen LogP contribution in [0.1, 0.15) is 27.4 Å². The number of ether oxygens (including phenoxy) is 2. The fraction of sp³-hybridized carbons (Fsp3) is 0.304. The van der Waals surface area contributed by atoms with Gasteiger partial charge in [-0.2, -0.15) is 0 Å². The van der Waals surface area contributed by atoms with Crippen molar-refractivity contribution in [3.05, 3.63) is 63.0 Å². The zero-order valence-electron chi connectivity index (χ0n) is 16.9. The lowest BCUT2D eigenvalue weighted by atomic mass is 10.1. The Bertz CT molecular complexity index is 1070. The second-order valence-electron chi connectivity index (χ2n) is 7.47. The van der Waals surface area contributed by atoms with Gasteiger partial charge < -0.3 is 19.3 Å². The minimum Gasteiger partial charge on any atom is -0.486 e. The predicted molar refractivity (Wildman–Crippen MR) is 121 cm³/mol. The molecule has 2 aromatic heterocycles. The fourth-order valence-corrected chi connectivity index (χ4v) is 5.41. The molecule has 160 valence electrons. The molecule has 0 N–H and O–H groups in total. The van der Waals surface area contributed by atoms with Crippen LogP contribution in [0, 0.1) is 0 Å². The second kappa shape index (κ2) is 8.72. The van der Waals surface area contributed by atoms with Crippen LogP contribution in [0.2, 0.25) is 0 Å². The van der Waals surface area contributed by atoms with Gasteiger partial charge in [0.1, 0.15) is 19.3 Å². The van der Waals surface area contributed by atoms with Crippen LogP contribution >= 0.6 is 22.7 Å². The highest BCUT2D eigenvalue weighted by molar-refractivity contribution is 7.12. The molecule has 0 aliphatic carbocycles. The van der Waals surface area contributed by atoms with E-state index in [1.54, 1.807) is 21.1 Å². The maximum Gasteiger partial charge on any atom is 0.264 e. The zero-order valence-corrected chi connectivity index (χ0v) is 18.5. The average Bonchev–Trinajstić information content (AvgIpc) is 3.58. The number of amides is 2. The summed E-state index contributed by atoms with van der Waals surface area (Å²) in [5.41, 5.74) is 0.748. The van der Waals surface area contributed by atoms with Crippen LogP contribution in [0.5, 0.6) is 11.5 Å². The molecule has 1 atom stereocenters. The number of likely N-dealkylation sites (tertiary alicyclic amines) is 1. The summed E-state index contributed by atoms with van der Waals surface area (Å²) in [6, 6.07) is 12.8. The summed E-state index contributed by atoms with van der Waals surface area (Å²) in [5.74, 6) is 1.20. The normalized spacial score (nSPS) is 17.5. The first-order chi connectivity index (χ1) is 15.2. The van der Waals surface area contributed by atoms with Crippen molar-refractivity contribution >= 4 is 40.2 Å². The molecular formula is C23H22N2O4S2. The molecule has 4 heterocycles. The maximum absolute atomic E-state index is 13.8. The Morgan fingerprint density at radius 3 is 2.61 bits per heavy atom. The lowest BCUT2D eigenvalue weighted by molar-refractivity contribution is -0.122. The molecule has 1 fully saturated rings. The third kappa shape index (κ3) is 4.05. The highest BCUT2D eigenvalue weighted by Crippen LogP contribution is 2.36. The molecule has 0 bridgehead atoms. The molecule has 1 aromatic carbocycles. The monoisotopic (exact) mass is 454 g/mol. The number of anilines is 1. The summed E-state index contributed by atoms with van der Waals surface area (Å²) in [6.07, 6.45) is 1.49. The van der Waals surface area contributed by atoms with Gasteiger partial charge in [-0.3, -0.25) is 9.59 Å². The number of carbonyl (C=O) groups is 2. The fourth-order valence-electron chi connectivity index (χ4n) is 4.04. The standard InChI is InChI=1S/C23H22N2O4S2/c26-22(18-5-1-9-24(18)23(27)21-6-3-13-31-21)25(15-17-4-2-12-30-17)16-7-8-19-20(14-16)29-11-10-28-19/h2-4,6-8,12-14,18H,1,5,9-11,15H2. The van der Waals surface area contributed by atoms with E-state index < -0.39 is 6.04 Å². The number of nitrogens with zero attached hydrogens (tertiary/aromatic N) is 2. The molecule has 2 amide bonds. The molecule has 2 aliphatic heterocycles. The molecular weight excluding hydrogens is 432 g/mol. The van der Waals surface area contributed by atoms with Gasteiger partial charge in [0.25, 0.3) is 5.91 Å². The number of rotatable bonds is 5. The minimum atomic E-state index is -0.470. The van der Waals surface area contributed by atoms with Gasteiger partial charge in [-0.25, -0.2) is 0 Å². The van der Waals surface area contributed by atoms with Crippen LogP contribution in [0.15, 0.2) is 53.2 Å². The van der Waals surface area contributed by atoms with Crippen LogP contribution in [-0.4, -0.2) is 42.5 Å². The summed E-state index contributed by atoms with van der Waals surface area (Å²) >= 11 is 3.02. The quantitative estimate of drug-likeness (QED) is 0.573. The Balaban J connectivity index is 1.46. The lowest BCUT2D eigenvalue weighted by Crippen LogP contribution is -2.47.